The van der Waals surface area contributed by atoms with E-state index < -0.39 is 5.54 Å². The zero-order chi connectivity index (χ0) is 15.3. The van der Waals surface area contributed by atoms with Crippen molar-refractivity contribution < 1.29 is 9.13 Å². The van der Waals surface area contributed by atoms with E-state index in [0.717, 1.165) is 32.2 Å². The van der Waals surface area contributed by atoms with Crippen LogP contribution in [0.1, 0.15) is 44.6 Å². The number of ether oxygens (including phenoxy) is 1. The van der Waals surface area contributed by atoms with Gasteiger partial charge in [-0.2, -0.15) is 5.26 Å². The summed E-state index contributed by atoms with van der Waals surface area (Å²) in [6.45, 7) is 4.66. The number of hydrogen-bond donors (Lipinski definition) is 1. The van der Waals surface area contributed by atoms with Gasteiger partial charge in [0.15, 0.2) is 0 Å². The SMILES string of the molecule is CCCNC1(C#N)CCCC(Oc2ccc(F)c(C)c2)C1. The van der Waals surface area contributed by atoms with Crippen molar-refractivity contribution in [3.05, 3.63) is 29.6 Å². The Morgan fingerprint density at radius 2 is 2.33 bits per heavy atom. The second-order valence-electron chi connectivity index (χ2n) is 5.87. The first-order chi connectivity index (χ1) is 10.1. The molecule has 114 valence electrons. The summed E-state index contributed by atoms with van der Waals surface area (Å²) in [6, 6.07) is 7.25. The van der Waals surface area contributed by atoms with Crippen LogP contribution in [0, 0.1) is 24.1 Å². The second kappa shape index (κ2) is 6.91. The Hall–Kier alpha value is -1.60. The first kappa shape index (κ1) is 15.8. The topological polar surface area (TPSA) is 45.0 Å². The fraction of sp³-hybridized carbons (Fsp3) is 0.588. The number of hydrogen-bond acceptors (Lipinski definition) is 3. The summed E-state index contributed by atoms with van der Waals surface area (Å²) in [7, 11) is 0. The summed E-state index contributed by atoms with van der Waals surface area (Å²) in [5.74, 6) is 0.463. The maximum Gasteiger partial charge on any atom is 0.126 e. The van der Waals surface area contributed by atoms with Gasteiger partial charge in [0.2, 0.25) is 0 Å². The molecule has 0 amide bonds. The van der Waals surface area contributed by atoms with Gasteiger partial charge in [-0.15, -0.1) is 0 Å². The van der Waals surface area contributed by atoms with E-state index in [1.165, 1.54) is 6.07 Å². The van der Waals surface area contributed by atoms with Gasteiger partial charge in [0.05, 0.1) is 6.07 Å². The Morgan fingerprint density at radius 1 is 1.52 bits per heavy atom. The predicted molar refractivity (Wildman–Crippen MR) is 80.7 cm³/mol. The second-order valence-corrected chi connectivity index (χ2v) is 5.87. The molecule has 1 aromatic rings. The highest BCUT2D eigenvalue weighted by Gasteiger charge is 2.37. The van der Waals surface area contributed by atoms with Gasteiger partial charge in [-0.3, -0.25) is 5.32 Å². The van der Waals surface area contributed by atoms with Crippen LogP contribution in [0.25, 0.3) is 0 Å². The van der Waals surface area contributed by atoms with E-state index in [1.807, 2.05) is 0 Å². The molecule has 0 spiro atoms. The van der Waals surface area contributed by atoms with Crippen LogP contribution in [0.15, 0.2) is 18.2 Å². The smallest absolute Gasteiger partial charge is 0.126 e. The average Bonchev–Trinajstić information content (AvgIpc) is 2.49. The Balaban J connectivity index is 2.03. The standard InChI is InChI=1S/C17H23FN2O/c1-3-9-20-17(12-19)8-4-5-15(11-17)21-14-6-7-16(18)13(2)10-14/h6-7,10,15,20H,3-5,8-9,11H2,1-2H3. The zero-order valence-electron chi connectivity index (χ0n) is 12.8. The highest BCUT2D eigenvalue weighted by molar-refractivity contribution is 5.29. The lowest BCUT2D eigenvalue weighted by atomic mass is 9.81. The van der Waals surface area contributed by atoms with Gasteiger partial charge in [0.25, 0.3) is 0 Å². The van der Waals surface area contributed by atoms with Crippen molar-refractivity contribution in [1.29, 1.82) is 5.26 Å². The number of nitrogens with one attached hydrogen (secondary N) is 1. The van der Waals surface area contributed by atoms with Gasteiger partial charge in [0, 0.05) is 6.42 Å². The van der Waals surface area contributed by atoms with E-state index in [2.05, 4.69) is 18.3 Å². The molecule has 4 heteroatoms. The van der Waals surface area contributed by atoms with Gasteiger partial charge in [0.1, 0.15) is 23.2 Å². The van der Waals surface area contributed by atoms with Crippen molar-refractivity contribution in [3.8, 4) is 11.8 Å². The molecule has 1 aromatic carbocycles. The number of halogens is 1. The third-order valence-corrected chi connectivity index (χ3v) is 4.07. The molecule has 1 fully saturated rings. The molecule has 0 aromatic heterocycles. The summed E-state index contributed by atoms with van der Waals surface area (Å²) >= 11 is 0. The maximum absolute atomic E-state index is 13.3. The largest absolute Gasteiger partial charge is 0.490 e. The number of nitrogens with zero attached hydrogens (tertiary/aromatic N) is 1. The van der Waals surface area contributed by atoms with Crippen molar-refractivity contribution in [2.45, 2.75) is 57.6 Å². The van der Waals surface area contributed by atoms with Gasteiger partial charge < -0.3 is 4.74 Å². The predicted octanol–water partition coefficient (Wildman–Crippen LogP) is 3.72. The lowest BCUT2D eigenvalue weighted by molar-refractivity contribution is 0.112. The summed E-state index contributed by atoms with van der Waals surface area (Å²) in [5, 5.41) is 12.9. The molecule has 0 radical (unpaired) electrons. The number of rotatable bonds is 5. The molecule has 0 bridgehead atoms. The van der Waals surface area contributed by atoms with Crippen LogP contribution in [-0.4, -0.2) is 18.2 Å². The van der Waals surface area contributed by atoms with Crippen LogP contribution in [0.4, 0.5) is 4.39 Å². The van der Waals surface area contributed by atoms with E-state index in [9.17, 15) is 9.65 Å². The normalized spacial score (nSPS) is 25.3. The Morgan fingerprint density at radius 3 is 3.00 bits per heavy atom. The lowest BCUT2D eigenvalue weighted by Crippen LogP contribution is -2.50. The molecule has 1 N–H and O–H groups in total. The van der Waals surface area contributed by atoms with Crippen molar-refractivity contribution in [2.75, 3.05) is 6.54 Å². The van der Waals surface area contributed by atoms with E-state index >= 15 is 0 Å². The zero-order valence-corrected chi connectivity index (χ0v) is 12.8. The number of aryl methyl sites for hydroxylation is 1. The first-order valence-electron chi connectivity index (χ1n) is 7.67. The van der Waals surface area contributed by atoms with Crippen LogP contribution < -0.4 is 10.1 Å². The molecule has 1 aliphatic rings. The van der Waals surface area contributed by atoms with Gasteiger partial charge >= 0.3 is 0 Å². The molecule has 3 nitrogen and oxygen atoms in total. The molecule has 21 heavy (non-hydrogen) atoms. The van der Waals surface area contributed by atoms with Gasteiger partial charge in [-0.05, 0) is 62.9 Å². The fourth-order valence-electron chi connectivity index (χ4n) is 2.87. The summed E-state index contributed by atoms with van der Waals surface area (Å²) in [4.78, 5) is 0. The highest BCUT2D eigenvalue weighted by atomic mass is 19.1. The monoisotopic (exact) mass is 290 g/mol. The van der Waals surface area contributed by atoms with Gasteiger partial charge in [-0.25, -0.2) is 4.39 Å². The fourth-order valence-corrected chi connectivity index (χ4v) is 2.87. The summed E-state index contributed by atoms with van der Waals surface area (Å²) in [6.07, 6.45) is 4.47. The van der Waals surface area contributed by atoms with Crippen molar-refractivity contribution in [3.63, 3.8) is 0 Å². The summed E-state index contributed by atoms with van der Waals surface area (Å²) in [5.41, 5.74) is 0.104. The minimum Gasteiger partial charge on any atom is -0.490 e. The molecule has 1 aliphatic carbocycles. The number of nitriles is 1. The summed E-state index contributed by atoms with van der Waals surface area (Å²) < 4.78 is 19.3. The Bertz CT molecular complexity index is 526. The molecule has 1 saturated carbocycles. The van der Waals surface area contributed by atoms with E-state index in [0.29, 0.717) is 17.7 Å². The van der Waals surface area contributed by atoms with Crippen molar-refractivity contribution in [2.24, 2.45) is 0 Å². The first-order valence-corrected chi connectivity index (χ1v) is 7.67. The molecule has 0 heterocycles. The molecule has 2 atom stereocenters. The van der Waals surface area contributed by atoms with Crippen LogP contribution in [0.2, 0.25) is 0 Å². The van der Waals surface area contributed by atoms with Crippen LogP contribution in [-0.2, 0) is 0 Å². The molecular weight excluding hydrogens is 267 g/mol. The molecule has 2 unspecified atom stereocenters. The third-order valence-electron chi connectivity index (χ3n) is 4.07. The molecule has 0 saturated heterocycles. The van der Waals surface area contributed by atoms with Crippen molar-refractivity contribution >= 4 is 0 Å². The molecular formula is C17H23FN2O. The molecule has 2 rings (SSSR count). The number of benzene rings is 1. The third kappa shape index (κ3) is 3.95. The average molecular weight is 290 g/mol. The minimum atomic E-state index is -0.478. The van der Waals surface area contributed by atoms with Gasteiger partial charge in [-0.1, -0.05) is 6.92 Å². The highest BCUT2D eigenvalue weighted by Crippen LogP contribution is 2.31. The van der Waals surface area contributed by atoms with Crippen LogP contribution in [0.3, 0.4) is 0 Å². The maximum atomic E-state index is 13.3. The Kier molecular flexibility index (Phi) is 5.19. The minimum absolute atomic E-state index is 0.00705. The van der Waals surface area contributed by atoms with E-state index in [4.69, 9.17) is 4.74 Å². The van der Waals surface area contributed by atoms with E-state index in [-0.39, 0.29) is 11.9 Å². The Labute approximate surface area is 126 Å². The quantitative estimate of drug-likeness (QED) is 0.899. The van der Waals surface area contributed by atoms with E-state index in [1.54, 1.807) is 19.1 Å². The van der Waals surface area contributed by atoms with Crippen LogP contribution >= 0.6 is 0 Å². The van der Waals surface area contributed by atoms with Crippen molar-refractivity contribution in [1.82, 2.24) is 5.32 Å². The van der Waals surface area contributed by atoms with Crippen LogP contribution in [0.5, 0.6) is 5.75 Å². The lowest BCUT2D eigenvalue weighted by Gasteiger charge is -2.36. The molecule has 0 aliphatic heterocycles.